The number of amides is 1. The average molecular weight is 415 g/mol. The molecule has 5 rings (SSSR count). The van der Waals surface area contributed by atoms with E-state index in [9.17, 15) is 4.79 Å². The summed E-state index contributed by atoms with van der Waals surface area (Å²) < 4.78 is 13.2. The van der Waals surface area contributed by atoms with Crippen LogP contribution in [0.5, 0.6) is 11.5 Å². The number of nitrogens with zero attached hydrogens (tertiary/aromatic N) is 4. The lowest BCUT2D eigenvalue weighted by atomic mass is 10.1. The standard InChI is InChI=1S/C23H21N5O3/c1-14(2)28-22-18(13-25-28)17(23(29)26-16-4-3-7-24-12-16)11-19(27-22)15-5-6-20-21(10-15)31-9-8-30-20/h3-7,10-14H,8-9H2,1-2H3,(H,26,29). The van der Waals surface area contributed by atoms with Crippen molar-refractivity contribution in [2.24, 2.45) is 0 Å². The molecule has 4 aromatic rings. The zero-order valence-corrected chi connectivity index (χ0v) is 17.2. The summed E-state index contributed by atoms with van der Waals surface area (Å²) in [6.07, 6.45) is 4.95. The summed E-state index contributed by atoms with van der Waals surface area (Å²) in [4.78, 5) is 22.1. The summed E-state index contributed by atoms with van der Waals surface area (Å²) in [6.45, 7) is 5.09. The van der Waals surface area contributed by atoms with E-state index < -0.39 is 0 Å². The van der Waals surface area contributed by atoms with Crippen molar-refractivity contribution in [2.75, 3.05) is 18.5 Å². The fourth-order valence-corrected chi connectivity index (χ4v) is 3.57. The number of hydrogen-bond donors (Lipinski definition) is 1. The number of fused-ring (bicyclic) bond motifs is 2. The van der Waals surface area contributed by atoms with Crippen LogP contribution >= 0.6 is 0 Å². The van der Waals surface area contributed by atoms with Gasteiger partial charge in [-0.05, 0) is 50.2 Å². The maximum atomic E-state index is 13.2. The van der Waals surface area contributed by atoms with Crippen molar-refractivity contribution >= 4 is 22.6 Å². The molecule has 31 heavy (non-hydrogen) atoms. The van der Waals surface area contributed by atoms with E-state index in [1.165, 1.54) is 0 Å². The third kappa shape index (κ3) is 3.56. The molecular weight excluding hydrogens is 394 g/mol. The first kappa shape index (κ1) is 19.0. The van der Waals surface area contributed by atoms with E-state index in [0.29, 0.717) is 52.7 Å². The summed E-state index contributed by atoms with van der Waals surface area (Å²) in [5.74, 6) is 1.13. The molecule has 0 saturated heterocycles. The van der Waals surface area contributed by atoms with Gasteiger partial charge >= 0.3 is 0 Å². The predicted octanol–water partition coefficient (Wildman–Crippen LogP) is 4.10. The SMILES string of the molecule is CC(C)n1ncc2c(C(=O)Nc3cccnc3)cc(-c3ccc4c(c3)OCCO4)nc21. The van der Waals surface area contributed by atoms with Crippen LogP contribution in [-0.4, -0.2) is 38.9 Å². The lowest BCUT2D eigenvalue weighted by Crippen LogP contribution is -2.15. The van der Waals surface area contributed by atoms with Crippen LogP contribution < -0.4 is 14.8 Å². The van der Waals surface area contributed by atoms with Crippen molar-refractivity contribution in [1.29, 1.82) is 0 Å². The van der Waals surface area contributed by atoms with E-state index in [4.69, 9.17) is 14.5 Å². The number of benzene rings is 1. The van der Waals surface area contributed by atoms with Crippen molar-refractivity contribution < 1.29 is 14.3 Å². The first-order valence-electron chi connectivity index (χ1n) is 10.1. The van der Waals surface area contributed by atoms with Crippen LogP contribution in [-0.2, 0) is 0 Å². The molecule has 0 atom stereocenters. The molecule has 0 radical (unpaired) electrons. The van der Waals surface area contributed by atoms with E-state index in [0.717, 1.165) is 5.56 Å². The Morgan fingerprint density at radius 1 is 1.10 bits per heavy atom. The van der Waals surface area contributed by atoms with Crippen LogP contribution in [0.2, 0.25) is 0 Å². The van der Waals surface area contributed by atoms with Crippen molar-refractivity contribution in [3.05, 3.63) is 60.6 Å². The Hall–Kier alpha value is -3.94. The van der Waals surface area contributed by atoms with E-state index in [-0.39, 0.29) is 11.9 Å². The summed E-state index contributed by atoms with van der Waals surface area (Å²) >= 11 is 0. The minimum absolute atomic E-state index is 0.0924. The van der Waals surface area contributed by atoms with Gasteiger partial charge in [0.2, 0.25) is 0 Å². The Morgan fingerprint density at radius 2 is 1.94 bits per heavy atom. The van der Waals surface area contributed by atoms with Crippen molar-refractivity contribution in [3.8, 4) is 22.8 Å². The topological polar surface area (TPSA) is 91.2 Å². The molecule has 0 spiro atoms. The van der Waals surface area contributed by atoms with Gasteiger partial charge in [0, 0.05) is 17.8 Å². The highest BCUT2D eigenvalue weighted by atomic mass is 16.6. The largest absolute Gasteiger partial charge is 0.486 e. The fraction of sp³-hybridized carbons (Fsp3) is 0.217. The van der Waals surface area contributed by atoms with Crippen LogP contribution in [0.4, 0.5) is 5.69 Å². The molecule has 8 nitrogen and oxygen atoms in total. The van der Waals surface area contributed by atoms with Gasteiger partial charge < -0.3 is 14.8 Å². The van der Waals surface area contributed by atoms with Crippen molar-refractivity contribution in [1.82, 2.24) is 19.7 Å². The lowest BCUT2D eigenvalue weighted by molar-refractivity contribution is 0.102. The van der Waals surface area contributed by atoms with Gasteiger partial charge in [0.15, 0.2) is 17.1 Å². The molecule has 1 N–H and O–H groups in total. The number of rotatable bonds is 4. The number of hydrogen-bond acceptors (Lipinski definition) is 6. The number of aromatic nitrogens is 4. The fourth-order valence-electron chi connectivity index (χ4n) is 3.57. The predicted molar refractivity (Wildman–Crippen MR) is 117 cm³/mol. The quantitative estimate of drug-likeness (QED) is 0.540. The number of pyridine rings is 2. The van der Waals surface area contributed by atoms with Crippen molar-refractivity contribution in [3.63, 3.8) is 0 Å². The minimum atomic E-state index is -0.248. The normalized spacial score (nSPS) is 12.9. The maximum absolute atomic E-state index is 13.2. The molecule has 0 saturated carbocycles. The van der Waals surface area contributed by atoms with Crippen molar-refractivity contribution in [2.45, 2.75) is 19.9 Å². The molecule has 1 aliphatic rings. The smallest absolute Gasteiger partial charge is 0.256 e. The zero-order valence-electron chi connectivity index (χ0n) is 17.2. The van der Waals surface area contributed by atoms with Crippen LogP contribution in [0.25, 0.3) is 22.3 Å². The molecule has 1 aromatic carbocycles. The third-order valence-corrected chi connectivity index (χ3v) is 5.06. The van der Waals surface area contributed by atoms with Crippen LogP contribution in [0.1, 0.15) is 30.2 Å². The van der Waals surface area contributed by atoms with E-state index in [2.05, 4.69) is 15.4 Å². The highest BCUT2D eigenvalue weighted by Gasteiger charge is 2.20. The Kier molecular flexibility index (Phi) is 4.74. The first-order valence-corrected chi connectivity index (χ1v) is 10.1. The van der Waals surface area contributed by atoms with Gasteiger partial charge in [-0.15, -0.1) is 0 Å². The molecule has 0 bridgehead atoms. The Bertz CT molecular complexity index is 1270. The molecule has 0 aliphatic carbocycles. The number of ether oxygens (including phenoxy) is 2. The summed E-state index contributed by atoms with van der Waals surface area (Å²) in [7, 11) is 0. The van der Waals surface area contributed by atoms with Crippen LogP contribution in [0.3, 0.4) is 0 Å². The Labute approximate surface area is 178 Å². The number of nitrogens with one attached hydrogen (secondary N) is 1. The maximum Gasteiger partial charge on any atom is 0.256 e. The van der Waals surface area contributed by atoms with Gasteiger partial charge in [0.05, 0.1) is 34.7 Å². The molecular formula is C23H21N5O3. The second-order valence-electron chi connectivity index (χ2n) is 7.53. The Morgan fingerprint density at radius 3 is 2.71 bits per heavy atom. The van der Waals surface area contributed by atoms with Crippen LogP contribution in [0, 0.1) is 0 Å². The molecule has 0 unspecified atom stereocenters. The van der Waals surface area contributed by atoms with Crippen LogP contribution in [0.15, 0.2) is 55.0 Å². The van der Waals surface area contributed by atoms with Gasteiger partial charge in [-0.2, -0.15) is 5.10 Å². The van der Waals surface area contributed by atoms with Gasteiger partial charge in [-0.3, -0.25) is 9.78 Å². The summed E-state index contributed by atoms with van der Waals surface area (Å²) in [5.41, 5.74) is 3.25. The summed E-state index contributed by atoms with van der Waals surface area (Å²) in [6, 6.07) is 11.1. The molecule has 3 aromatic heterocycles. The zero-order chi connectivity index (χ0) is 21.4. The monoisotopic (exact) mass is 415 g/mol. The highest BCUT2D eigenvalue weighted by molar-refractivity contribution is 6.12. The Balaban J connectivity index is 1.63. The second kappa shape index (κ2) is 7.71. The number of carbonyl (C=O) groups is 1. The van der Waals surface area contributed by atoms with E-state index >= 15 is 0 Å². The minimum Gasteiger partial charge on any atom is -0.486 e. The van der Waals surface area contributed by atoms with Gasteiger partial charge in [0.25, 0.3) is 5.91 Å². The second-order valence-corrected chi connectivity index (χ2v) is 7.53. The highest BCUT2D eigenvalue weighted by Crippen LogP contribution is 2.35. The van der Waals surface area contributed by atoms with Gasteiger partial charge in [-0.1, -0.05) is 0 Å². The average Bonchev–Trinajstić information content (AvgIpc) is 3.23. The lowest BCUT2D eigenvalue weighted by Gasteiger charge is -2.19. The third-order valence-electron chi connectivity index (χ3n) is 5.06. The first-order chi connectivity index (χ1) is 15.1. The molecule has 8 heteroatoms. The van der Waals surface area contributed by atoms with E-state index in [1.807, 2.05) is 36.7 Å². The summed E-state index contributed by atoms with van der Waals surface area (Å²) in [5, 5.41) is 8.06. The molecule has 156 valence electrons. The van der Waals surface area contributed by atoms with Gasteiger partial charge in [-0.25, -0.2) is 9.67 Å². The van der Waals surface area contributed by atoms with E-state index in [1.54, 1.807) is 36.8 Å². The number of anilines is 1. The molecule has 1 amide bonds. The molecule has 1 aliphatic heterocycles. The number of carbonyl (C=O) groups excluding carboxylic acids is 1. The van der Waals surface area contributed by atoms with Gasteiger partial charge in [0.1, 0.15) is 13.2 Å². The molecule has 4 heterocycles. The molecule has 0 fully saturated rings.